The van der Waals surface area contributed by atoms with Crippen LogP contribution in [0.4, 0.5) is 0 Å². The highest BCUT2D eigenvalue weighted by molar-refractivity contribution is 8.44. The zero-order valence-electron chi connectivity index (χ0n) is 10.3. The Balaban J connectivity index is 2.72. The first-order valence-corrected chi connectivity index (χ1v) is 7.99. The van der Waals surface area contributed by atoms with E-state index in [9.17, 15) is 14.4 Å². The van der Waals surface area contributed by atoms with Crippen LogP contribution in [0, 0.1) is 5.92 Å². The fourth-order valence-electron chi connectivity index (χ4n) is 1.48. The fourth-order valence-corrected chi connectivity index (χ4v) is 2.28. The van der Waals surface area contributed by atoms with Gasteiger partial charge in [-0.25, -0.2) is 0 Å². The second-order valence-electron chi connectivity index (χ2n) is 4.62. The molecule has 0 bridgehead atoms. The maximum Gasteiger partial charge on any atom is 0.232 e. The summed E-state index contributed by atoms with van der Waals surface area (Å²) in [6.07, 6.45) is 4.08. The molecule has 5 heteroatoms. The highest BCUT2D eigenvalue weighted by Gasteiger charge is 2.37. The van der Waals surface area contributed by atoms with Crippen LogP contribution in [0.2, 0.25) is 0 Å². The van der Waals surface area contributed by atoms with Crippen LogP contribution in [0.15, 0.2) is 0 Å². The maximum atomic E-state index is 11.9. The average Bonchev–Trinajstić information content (AvgIpc) is 2.45. The van der Waals surface area contributed by atoms with E-state index in [0.717, 1.165) is 10.7 Å². The van der Waals surface area contributed by atoms with Gasteiger partial charge in [-0.05, 0) is 18.3 Å². The van der Waals surface area contributed by atoms with Crippen LogP contribution < -0.4 is 0 Å². The number of carbonyl (C=O) groups excluding carboxylic acids is 3. The highest BCUT2D eigenvalue weighted by atomic mass is 32.3. The summed E-state index contributed by atoms with van der Waals surface area (Å²) in [5, 5.41) is 0.0331. The predicted molar refractivity (Wildman–Crippen MR) is 65.5 cm³/mol. The molecule has 1 aliphatic heterocycles. The molecular formula is C11H19NO3S. The first kappa shape index (κ1) is 13.2. The van der Waals surface area contributed by atoms with Gasteiger partial charge in [0.1, 0.15) is 0 Å². The first-order chi connectivity index (χ1) is 7.29. The van der Waals surface area contributed by atoms with E-state index < -0.39 is 10.0 Å². The molecule has 2 amide bonds. The molecule has 1 atom stereocenters. The van der Waals surface area contributed by atoms with Crippen molar-refractivity contribution in [2.24, 2.45) is 5.92 Å². The summed E-state index contributed by atoms with van der Waals surface area (Å²) in [6, 6.07) is 0. The normalized spacial score (nSPS) is 22.8. The Bertz CT molecular complexity index is 338. The number of amides is 2. The minimum Gasteiger partial charge on any atom is -0.287 e. The Morgan fingerprint density at radius 2 is 2.00 bits per heavy atom. The van der Waals surface area contributed by atoms with E-state index in [1.807, 2.05) is 19.4 Å². The standard InChI is InChI=1S/C11H19NO3S/c1-5-16(3,4)10(14)7-12-9(13)6-8(2)11(12)15/h8H,5-7H2,1-4H3. The molecular weight excluding hydrogens is 226 g/mol. The molecule has 0 aromatic rings. The molecule has 92 valence electrons. The Morgan fingerprint density at radius 1 is 1.44 bits per heavy atom. The van der Waals surface area contributed by atoms with E-state index >= 15 is 0 Å². The van der Waals surface area contributed by atoms with E-state index in [4.69, 9.17) is 0 Å². The third kappa shape index (κ3) is 2.45. The van der Waals surface area contributed by atoms with Crippen LogP contribution in [-0.2, 0) is 14.4 Å². The van der Waals surface area contributed by atoms with Crippen LogP contribution in [0.3, 0.4) is 0 Å². The van der Waals surface area contributed by atoms with Gasteiger partial charge in [-0.15, -0.1) is 0 Å². The average molecular weight is 245 g/mol. The van der Waals surface area contributed by atoms with Crippen molar-refractivity contribution in [2.75, 3.05) is 24.8 Å². The van der Waals surface area contributed by atoms with Gasteiger partial charge >= 0.3 is 0 Å². The molecule has 1 rings (SSSR count). The summed E-state index contributed by atoms with van der Waals surface area (Å²) >= 11 is 0. The number of likely N-dealkylation sites (tertiary alicyclic amines) is 1. The van der Waals surface area contributed by atoms with Gasteiger partial charge in [-0.1, -0.05) is 13.8 Å². The van der Waals surface area contributed by atoms with Crippen molar-refractivity contribution in [1.29, 1.82) is 0 Å². The summed E-state index contributed by atoms with van der Waals surface area (Å²) in [7, 11) is -1.34. The molecule has 0 saturated carbocycles. The van der Waals surface area contributed by atoms with Gasteiger partial charge in [0.25, 0.3) is 0 Å². The number of hydrogen-bond acceptors (Lipinski definition) is 3. The minimum absolute atomic E-state index is 0.0296. The summed E-state index contributed by atoms with van der Waals surface area (Å²) in [6.45, 7) is 3.66. The molecule has 1 heterocycles. The molecule has 1 saturated heterocycles. The van der Waals surface area contributed by atoms with Crippen molar-refractivity contribution in [3.63, 3.8) is 0 Å². The Hall–Kier alpha value is -0.840. The van der Waals surface area contributed by atoms with Gasteiger partial charge in [0, 0.05) is 12.3 Å². The third-order valence-corrected chi connectivity index (χ3v) is 5.90. The predicted octanol–water partition coefficient (Wildman–Crippen LogP) is 0.992. The van der Waals surface area contributed by atoms with Gasteiger partial charge in [0.15, 0.2) is 5.12 Å². The second kappa shape index (κ2) is 4.57. The number of hydrogen-bond donors (Lipinski definition) is 0. The Morgan fingerprint density at radius 3 is 2.38 bits per heavy atom. The molecule has 16 heavy (non-hydrogen) atoms. The van der Waals surface area contributed by atoms with Crippen LogP contribution in [-0.4, -0.2) is 46.6 Å². The summed E-state index contributed by atoms with van der Waals surface area (Å²) < 4.78 is 0. The van der Waals surface area contributed by atoms with Crippen molar-refractivity contribution in [3.8, 4) is 0 Å². The molecule has 1 fully saturated rings. The SMILES string of the molecule is CCS(C)(C)C(=O)CN1C(=O)CC(C)C1=O. The van der Waals surface area contributed by atoms with Crippen LogP contribution in [0.1, 0.15) is 20.3 Å². The highest BCUT2D eigenvalue weighted by Crippen LogP contribution is 2.40. The lowest BCUT2D eigenvalue weighted by atomic mass is 10.1. The van der Waals surface area contributed by atoms with Crippen molar-refractivity contribution >= 4 is 27.0 Å². The zero-order valence-corrected chi connectivity index (χ0v) is 11.1. The zero-order chi connectivity index (χ0) is 12.5. The monoisotopic (exact) mass is 245 g/mol. The van der Waals surface area contributed by atoms with Crippen LogP contribution in [0.25, 0.3) is 0 Å². The molecule has 0 N–H and O–H groups in total. The fraction of sp³-hybridized carbons (Fsp3) is 0.727. The quantitative estimate of drug-likeness (QED) is 0.697. The van der Waals surface area contributed by atoms with Gasteiger partial charge in [0.05, 0.1) is 6.54 Å². The lowest BCUT2D eigenvalue weighted by molar-refractivity contribution is -0.141. The molecule has 0 radical (unpaired) electrons. The van der Waals surface area contributed by atoms with Crippen molar-refractivity contribution in [1.82, 2.24) is 4.90 Å². The maximum absolute atomic E-state index is 11.9. The van der Waals surface area contributed by atoms with Crippen LogP contribution in [0.5, 0.6) is 0 Å². The second-order valence-corrected chi connectivity index (χ2v) is 8.73. The first-order valence-electron chi connectivity index (χ1n) is 5.37. The van der Waals surface area contributed by atoms with Gasteiger partial charge in [-0.2, -0.15) is 10.0 Å². The number of rotatable bonds is 3. The molecule has 0 spiro atoms. The largest absolute Gasteiger partial charge is 0.287 e. The summed E-state index contributed by atoms with van der Waals surface area (Å²) in [4.78, 5) is 36.2. The summed E-state index contributed by atoms with van der Waals surface area (Å²) in [5.41, 5.74) is 0. The number of imide groups is 1. The smallest absolute Gasteiger partial charge is 0.232 e. The molecule has 4 nitrogen and oxygen atoms in total. The Kier molecular flexibility index (Phi) is 3.78. The van der Waals surface area contributed by atoms with Crippen molar-refractivity contribution in [2.45, 2.75) is 20.3 Å². The van der Waals surface area contributed by atoms with E-state index in [-0.39, 0.29) is 35.8 Å². The van der Waals surface area contributed by atoms with Crippen molar-refractivity contribution in [3.05, 3.63) is 0 Å². The molecule has 1 unspecified atom stereocenters. The lowest BCUT2D eigenvalue weighted by Gasteiger charge is -2.29. The number of carbonyl (C=O) groups is 3. The van der Waals surface area contributed by atoms with Crippen LogP contribution >= 0.6 is 10.0 Å². The van der Waals surface area contributed by atoms with Gasteiger partial charge in [0.2, 0.25) is 11.8 Å². The molecule has 0 aliphatic carbocycles. The molecule has 0 aromatic heterocycles. The topological polar surface area (TPSA) is 54.5 Å². The molecule has 1 aliphatic rings. The molecule has 0 aromatic carbocycles. The minimum atomic E-state index is -1.34. The van der Waals surface area contributed by atoms with E-state index in [0.29, 0.717) is 0 Å². The lowest BCUT2D eigenvalue weighted by Crippen LogP contribution is -2.36. The summed E-state index contributed by atoms with van der Waals surface area (Å²) in [5.74, 6) is 0.110. The van der Waals surface area contributed by atoms with Gasteiger partial charge < -0.3 is 0 Å². The van der Waals surface area contributed by atoms with E-state index in [1.54, 1.807) is 6.92 Å². The third-order valence-electron chi connectivity index (χ3n) is 3.09. The van der Waals surface area contributed by atoms with Crippen molar-refractivity contribution < 1.29 is 14.4 Å². The van der Waals surface area contributed by atoms with Gasteiger partial charge in [-0.3, -0.25) is 19.3 Å². The van der Waals surface area contributed by atoms with E-state index in [1.165, 1.54) is 0 Å². The number of nitrogens with zero attached hydrogens (tertiary/aromatic N) is 1. The van der Waals surface area contributed by atoms with E-state index in [2.05, 4.69) is 0 Å². The Labute approximate surface area is 97.7 Å².